The van der Waals surface area contributed by atoms with Crippen molar-refractivity contribution in [2.24, 2.45) is 0 Å². The minimum Gasteiger partial charge on any atom is -0.494 e. The Bertz CT molecular complexity index is 608. The van der Waals surface area contributed by atoms with E-state index in [0.29, 0.717) is 0 Å². The van der Waals surface area contributed by atoms with Gasteiger partial charge < -0.3 is 10.1 Å². The first-order chi connectivity index (χ1) is 9.78. The van der Waals surface area contributed by atoms with Gasteiger partial charge >= 0.3 is 0 Å². The number of rotatable bonds is 5. The van der Waals surface area contributed by atoms with Crippen LogP contribution in [0.25, 0.3) is 0 Å². The van der Waals surface area contributed by atoms with Crippen molar-refractivity contribution in [2.75, 3.05) is 12.4 Å². The van der Waals surface area contributed by atoms with Gasteiger partial charge in [-0.25, -0.2) is 4.39 Å². The molecule has 0 aliphatic heterocycles. The summed E-state index contributed by atoms with van der Waals surface area (Å²) < 4.78 is 18.4. The number of methoxy groups -OCH3 is 1. The molecule has 2 aromatic rings. The molecule has 0 aromatic heterocycles. The van der Waals surface area contributed by atoms with Crippen LogP contribution in [-0.2, 0) is 6.54 Å². The Morgan fingerprint density at radius 2 is 2.00 bits per heavy atom. The van der Waals surface area contributed by atoms with E-state index in [1.807, 2.05) is 0 Å². The summed E-state index contributed by atoms with van der Waals surface area (Å²) in [6.07, 6.45) is 2.59. The predicted molar refractivity (Wildman–Crippen MR) is 78.7 cm³/mol. The summed E-state index contributed by atoms with van der Waals surface area (Å²) in [6.45, 7) is 0.751. The van der Waals surface area contributed by atoms with Crippen molar-refractivity contribution in [3.63, 3.8) is 0 Å². The number of anilines is 1. The Morgan fingerprint density at radius 1 is 1.20 bits per heavy atom. The molecule has 1 aliphatic rings. The van der Waals surface area contributed by atoms with E-state index >= 15 is 0 Å². The van der Waals surface area contributed by atoms with Crippen molar-refractivity contribution in [2.45, 2.75) is 25.3 Å². The van der Waals surface area contributed by atoms with E-state index in [-0.39, 0.29) is 11.6 Å². The van der Waals surface area contributed by atoms with Gasteiger partial charge in [0.05, 0.1) is 7.11 Å². The molecule has 104 valence electrons. The molecule has 1 aliphatic carbocycles. The van der Waals surface area contributed by atoms with E-state index in [1.54, 1.807) is 12.1 Å². The van der Waals surface area contributed by atoms with Crippen LogP contribution in [0, 0.1) is 5.82 Å². The molecule has 0 unspecified atom stereocenters. The molecule has 0 bridgehead atoms. The molecule has 2 aromatic carbocycles. The molecule has 0 radical (unpaired) electrons. The van der Waals surface area contributed by atoms with E-state index in [9.17, 15) is 4.39 Å². The van der Waals surface area contributed by atoms with Crippen LogP contribution in [0.15, 0.2) is 42.5 Å². The molecule has 0 spiro atoms. The first kappa shape index (κ1) is 13.0. The summed E-state index contributed by atoms with van der Waals surface area (Å²) in [4.78, 5) is 0. The van der Waals surface area contributed by atoms with Gasteiger partial charge in [-0.3, -0.25) is 0 Å². The van der Waals surface area contributed by atoms with Crippen LogP contribution in [0.5, 0.6) is 5.75 Å². The van der Waals surface area contributed by atoms with Gasteiger partial charge in [0.15, 0.2) is 11.6 Å². The Kier molecular flexibility index (Phi) is 3.59. The van der Waals surface area contributed by atoms with Crippen LogP contribution >= 0.6 is 0 Å². The van der Waals surface area contributed by atoms with Gasteiger partial charge in [-0.2, -0.15) is 0 Å². The van der Waals surface area contributed by atoms with Gasteiger partial charge in [-0.15, -0.1) is 0 Å². The predicted octanol–water partition coefficient (Wildman–Crippen LogP) is 4.32. The van der Waals surface area contributed by atoms with Gasteiger partial charge in [0.1, 0.15) is 0 Å². The Labute approximate surface area is 118 Å². The highest BCUT2D eigenvalue weighted by atomic mass is 19.1. The van der Waals surface area contributed by atoms with Gasteiger partial charge in [-0.1, -0.05) is 24.3 Å². The Balaban J connectivity index is 1.73. The van der Waals surface area contributed by atoms with Crippen LogP contribution in [0.2, 0.25) is 0 Å². The molecular formula is C17H18FNO. The number of nitrogens with one attached hydrogen (secondary N) is 1. The average molecular weight is 271 g/mol. The van der Waals surface area contributed by atoms with E-state index in [1.165, 1.54) is 37.1 Å². The van der Waals surface area contributed by atoms with Crippen molar-refractivity contribution in [1.29, 1.82) is 0 Å². The van der Waals surface area contributed by atoms with E-state index < -0.39 is 0 Å². The monoisotopic (exact) mass is 271 g/mol. The number of benzene rings is 2. The lowest BCUT2D eigenvalue weighted by molar-refractivity contribution is 0.387. The third-order valence-electron chi connectivity index (χ3n) is 3.71. The molecule has 0 heterocycles. The van der Waals surface area contributed by atoms with Gasteiger partial charge in [0.2, 0.25) is 0 Å². The van der Waals surface area contributed by atoms with E-state index in [4.69, 9.17) is 4.74 Å². The quantitative estimate of drug-likeness (QED) is 0.874. The summed E-state index contributed by atoms with van der Waals surface area (Å²) in [5.41, 5.74) is 3.63. The van der Waals surface area contributed by atoms with Gasteiger partial charge in [0, 0.05) is 18.3 Å². The van der Waals surface area contributed by atoms with E-state index in [0.717, 1.165) is 18.2 Å². The maximum absolute atomic E-state index is 13.4. The maximum atomic E-state index is 13.4. The summed E-state index contributed by atoms with van der Waals surface area (Å²) in [6, 6.07) is 13.4. The van der Waals surface area contributed by atoms with Crippen LogP contribution in [0.1, 0.15) is 29.9 Å². The van der Waals surface area contributed by atoms with Crippen LogP contribution < -0.4 is 10.1 Å². The standard InChI is InChI=1S/C17H18FNO/c1-20-17-10-14(8-9-16(17)18)19-11-13-4-2-3-5-15(13)12-6-7-12/h2-5,8-10,12,19H,6-7,11H2,1H3. The van der Waals surface area contributed by atoms with E-state index in [2.05, 4.69) is 29.6 Å². The average Bonchev–Trinajstić information content (AvgIpc) is 3.31. The highest BCUT2D eigenvalue weighted by Crippen LogP contribution is 2.41. The molecule has 3 rings (SSSR count). The second kappa shape index (κ2) is 5.53. The van der Waals surface area contributed by atoms with Gasteiger partial charge in [0.25, 0.3) is 0 Å². The zero-order valence-corrected chi connectivity index (χ0v) is 11.5. The molecule has 0 amide bonds. The fourth-order valence-corrected chi connectivity index (χ4v) is 2.45. The third-order valence-corrected chi connectivity index (χ3v) is 3.71. The van der Waals surface area contributed by atoms with Crippen molar-refractivity contribution in [3.05, 3.63) is 59.4 Å². The summed E-state index contributed by atoms with van der Waals surface area (Å²) in [7, 11) is 1.48. The van der Waals surface area contributed by atoms with Gasteiger partial charge in [-0.05, 0) is 42.0 Å². The van der Waals surface area contributed by atoms with Crippen molar-refractivity contribution < 1.29 is 9.13 Å². The largest absolute Gasteiger partial charge is 0.494 e. The van der Waals surface area contributed by atoms with Crippen molar-refractivity contribution in [1.82, 2.24) is 0 Å². The van der Waals surface area contributed by atoms with Crippen LogP contribution in [0.4, 0.5) is 10.1 Å². The lowest BCUT2D eigenvalue weighted by atomic mass is 10.0. The normalized spacial score (nSPS) is 14.1. The molecule has 0 atom stereocenters. The zero-order chi connectivity index (χ0) is 13.9. The second-order valence-corrected chi connectivity index (χ2v) is 5.18. The molecule has 2 nitrogen and oxygen atoms in total. The van der Waals surface area contributed by atoms with Crippen LogP contribution in [0.3, 0.4) is 0 Å². The third kappa shape index (κ3) is 2.77. The molecule has 1 saturated carbocycles. The number of hydrogen-bond acceptors (Lipinski definition) is 2. The fourth-order valence-electron chi connectivity index (χ4n) is 2.45. The molecule has 20 heavy (non-hydrogen) atoms. The van der Waals surface area contributed by atoms with Crippen LogP contribution in [-0.4, -0.2) is 7.11 Å². The molecule has 3 heteroatoms. The lowest BCUT2D eigenvalue weighted by Crippen LogP contribution is -2.03. The SMILES string of the molecule is COc1cc(NCc2ccccc2C2CC2)ccc1F. The number of halogens is 1. The number of hydrogen-bond donors (Lipinski definition) is 1. The topological polar surface area (TPSA) is 21.3 Å². The Morgan fingerprint density at radius 3 is 2.75 bits per heavy atom. The first-order valence-corrected chi connectivity index (χ1v) is 6.93. The van der Waals surface area contributed by atoms with Crippen molar-refractivity contribution >= 4 is 5.69 Å². The smallest absolute Gasteiger partial charge is 0.165 e. The number of ether oxygens (including phenoxy) is 1. The summed E-state index contributed by atoms with van der Waals surface area (Å²) in [5.74, 6) is 0.665. The minimum absolute atomic E-state index is 0.269. The maximum Gasteiger partial charge on any atom is 0.165 e. The highest BCUT2D eigenvalue weighted by Gasteiger charge is 2.25. The molecule has 1 fully saturated rings. The Hall–Kier alpha value is -2.03. The summed E-state index contributed by atoms with van der Waals surface area (Å²) >= 11 is 0. The van der Waals surface area contributed by atoms with Crippen molar-refractivity contribution in [3.8, 4) is 5.75 Å². The fraction of sp³-hybridized carbons (Fsp3) is 0.294. The highest BCUT2D eigenvalue weighted by molar-refractivity contribution is 5.49. The zero-order valence-electron chi connectivity index (χ0n) is 11.5. The molecule has 1 N–H and O–H groups in total. The molecular weight excluding hydrogens is 253 g/mol. The first-order valence-electron chi connectivity index (χ1n) is 6.93. The molecule has 0 saturated heterocycles. The summed E-state index contributed by atoms with van der Waals surface area (Å²) in [5, 5.41) is 3.34. The minimum atomic E-state index is -0.337. The lowest BCUT2D eigenvalue weighted by Gasteiger charge is -2.12. The second-order valence-electron chi connectivity index (χ2n) is 5.18.